The van der Waals surface area contributed by atoms with Gasteiger partial charge in [0, 0.05) is 23.0 Å². The van der Waals surface area contributed by atoms with Crippen LogP contribution in [-0.2, 0) is 21.7 Å². The van der Waals surface area contributed by atoms with Crippen LogP contribution in [0, 0.1) is 11.2 Å². The van der Waals surface area contributed by atoms with Crippen LogP contribution in [0.25, 0.3) is 0 Å². The van der Waals surface area contributed by atoms with E-state index in [9.17, 15) is 18.8 Å². The lowest BCUT2D eigenvalue weighted by atomic mass is 9.76. The Hall–Kier alpha value is -1.31. The highest BCUT2D eigenvalue weighted by molar-refractivity contribution is 7.90. The fraction of sp³-hybridized carbons (Fsp3) is 0.611. The van der Waals surface area contributed by atoms with Crippen molar-refractivity contribution in [3.8, 4) is 5.75 Å². The molecule has 0 aromatic heterocycles. The fourth-order valence-corrected chi connectivity index (χ4v) is 3.39. The number of aliphatic carboxylic acids is 1. The third kappa shape index (κ3) is 5.33. The van der Waals surface area contributed by atoms with Crippen LogP contribution in [0.5, 0.6) is 5.75 Å². The van der Waals surface area contributed by atoms with Crippen LogP contribution in [0.1, 0.15) is 53.5 Å². The molecule has 142 valence electrons. The van der Waals surface area contributed by atoms with Crippen molar-refractivity contribution < 1.29 is 23.6 Å². The van der Waals surface area contributed by atoms with Crippen molar-refractivity contribution in [1.82, 2.24) is 4.72 Å². The topological polar surface area (TPSA) is 81.6 Å². The second-order valence-electron chi connectivity index (χ2n) is 8.28. The highest BCUT2D eigenvalue weighted by atomic mass is 32.2. The molecule has 0 amide bonds. The van der Waals surface area contributed by atoms with Gasteiger partial charge in [0.25, 0.3) is 0 Å². The first-order valence-electron chi connectivity index (χ1n) is 8.00. The normalized spacial score (nSPS) is 16.2. The van der Waals surface area contributed by atoms with E-state index in [0.29, 0.717) is 0 Å². The van der Waals surface area contributed by atoms with E-state index in [1.165, 1.54) is 19.2 Å². The molecule has 0 fully saturated rings. The Morgan fingerprint density at radius 1 is 1.28 bits per heavy atom. The number of benzene rings is 1. The summed E-state index contributed by atoms with van der Waals surface area (Å²) in [6.45, 7) is 10.7. The van der Waals surface area contributed by atoms with Crippen LogP contribution in [0.2, 0.25) is 0 Å². The molecular weight excluding hydrogens is 345 g/mol. The number of nitrogens with one attached hydrogen (secondary N) is 1. The number of rotatable bonds is 6. The lowest BCUT2D eigenvalue weighted by Crippen LogP contribution is -2.57. The van der Waals surface area contributed by atoms with Crippen LogP contribution in [0.3, 0.4) is 0 Å². The molecule has 0 radical (unpaired) electrons. The summed E-state index contributed by atoms with van der Waals surface area (Å²) in [7, 11) is 1.40. The number of ether oxygens (including phenoxy) is 1. The fourth-order valence-electron chi connectivity index (χ4n) is 2.50. The average Bonchev–Trinajstić information content (AvgIpc) is 2.43. The molecule has 2 unspecified atom stereocenters. The molecular formula is C18H28FNO4S. The number of carboxylic acids is 1. The van der Waals surface area contributed by atoms with Gasteiger partial charge in [-0.2, -0.15) is 0 Å². The van der Waals surface area contributed by atoms with Crippen molar-refractivity contribution in [2.45, 2.75) is 58.2 Å². The first-order valence-corrected chi connectivity index (χ1v) is 9.15. The summed E-state index contributed by atoms with van der Waals surface area (Å²) >= 11 is -1.71. The summed E-state index contributed by atoms with van der Waals surface area (Å²) in [6.07, 6.45) is 0.0560. The zero-order chi connectivity index (χ0) is 19.6. The Bertz CT molecular complexity index is 624. The minimum atomic E-state index is -1.83. The first-order chi connectivity index (χ1) is 11.2. The Kier molecular flexibility index (Phi) is 6.53. The van der Waals surface area contributed by atoms with Crippen LogP contribution in [0.4, 0.5) is 4.39 Å². The van der Waals surface area contributed by atoms with E-state index >= 15 is 0 Å². The predicted octanol–water partition coefficient (Wildman–Crippen LogP) is 3.60. The van der Waals surface area contributed by atoms with E-state index in [1.807, 2.05) is 20.8 Å². The van der Waals surface area contributed by atoms with E-state index in [2.05, 4.69) is 4.72 Å². The van der Waals surface area contributed by atoms with Gasteiger partial charge in [0.2, 0.25) is 0 Å². The van der Waals surface area contributed by atoms with Crippen molar-refractivity contribution in [3.05, 3.63) is 29.6 Å². The molecule has 7 heteroatoms. The summed E-state index contributed by atoms with van der Waals surface area (Å²) in [5.41, 5.74) is -2.35. The molecule has 1 aromatic carbocycles. The summed E-state index contributed by atoms with van der Waals surface area (Å²) < 4.78 is 34.4. The van der Waals surface area contributed by atoms with E-state index in [0.717, 1.165) is 6.07 Å². The summed E-state index contributed by atoms with van der Waals surface area (Å²) in [4.78, 5) is 12.3. The summed E-state index contributed by atoms with van der Waals surface area (Å²) in [5, 5.41) is 10.0. The molecule has 0 saturated carbocycles. The van der Waals surface area contributed by atoms with Gasteiger partial charge in [0.1, 0.15) is 16.3 Å². The van der Waals surface area contributed by atoms with E-state index in [4.69, 9.17) is 4.74 Å². The average molecular weight is 373 g/mol. The minimum absolute atomic E-state index is 0.0560. The number of hydrogen-bond donors (Lipinski definition) is 2. The quantitative estimate of drug-likeness (QED) is 0.745. The first kappa shape index (κ1) is 21.7. The number of carboxylic acid groups (broad SMARTS) is 1. The van der Waals surface area contributed by atoms with Gasteiger partial charge >= 0.3 is 5.97 Å². The SMILES string of the molecule is COc1ccc(C(CC(C)(C)C)(N[S+]([O-])C(C)(C)C)C(=O)O)c(F)c1. The van der Waals surface area contributed by atoms with Crippen molar-refractivity contribution in [3.63, 3.8) is 0 Å². The number of halogens is 1. The van der Waals surface area contributed by atoms with E-state index in [-0.39, 0.29) is 17.7 Å². The molecule has 0 aliphatic carbocycles. The molecule has 0 aliphatic heterocycles. The van der Waals surface area contributed by atoms with Gasteiger partial charge in [0.15, 0.2) is 5.54 Å². The van der Waals surface area contributed by atoms with Gasteiger partial charge in [-0.25, -0.2) is 9.18 Å². The second-order valence-corrected chi connectivity index (χ2v) is 10.2. The van der Waals surface area contributed by atoms with Gasteiger partial charge in [-0.1, -0.05) is 20.8 Å². The van der Waals surface area contributed by atoms with Crippen LogP contribution in [0.15, 0.2) is 18.2 Å². The summed E-state index contributed by atoms with van der Waals surface area (Å²) in [6, 6.07) is 4.01. The Balaban J connectivity index is 3.57. The summed E-state index contributed by atoms with van der Waals surface area (Å²) in [5.74, 6) is -1.71. The monoisotopic (exact) mass is 373 g/mol. The van der Waals surface area contributed by atoms with Crippen molar-refractivity contribution in [2.24, 2.45) is 5.41 Å². The maximum atomic E-state index is 14.7. The van der Waals surface area contributed by atoms with Gasteiger partial charge in [0.05, 0.1) is 7.11 Å². The highest BCUT2D eigenvalue weighted by Crippen LogP contribution is 2.39. The van der Waals surface area contributed by atoms with Gasteiger partial charge in [-0.3, -0.25) is 0 Å². The smallest absolute Gasteiger partial charge is 0.333 e. The van der Waals surface area contributed by atoms with Crippen LogP contribution in [-0.4, -0.2) is 27.5 Å². The molecule has 0 heterocycles. The maximum Gasteiger partial charge on any atom is 0.333 e. The molecule has 0 saturated heterocycles. The molecule has 2 N–H and O–H groups in total. The molecule has 1 rings (SSSR count). The number of carbonyl (C=O) groups is 1. The minimum Gasteiger partial charge on any atom is -0.598 e. The van der Waals surface area contributed by atoms with Crippen LogP contribution < -0.4 is 9.46 Å². The van der Waals surface area contributed by atoms with Crippen molar-refractivity contribution in [2.75, 3.05) is 7.11 Å². The van der Waals surface area contributed by atoms with Crippen LogP contribution >= 0.6 is 0 Å². The molecule has 25 heavy (non-hydrogen) atoms. The van der Waals surface area contributed by atoms with Gasteiger partial charge < -0.3 is 14.4 Å². The lowest BCUT2D eigenvalue weighted by molar-refractivity contribution is -0.146. The molecule has 2 atom stereocenters. The third-order valence-corrected chi connectivity index (χ3v) is 5.27. The zero-order valence-corrected chi connectivity index (χ0v) is 16.7. The Morgan fingerprint density at radius 2 is 1.84 bits per heavy atom. The Morgan fingerprint density at radius 3 is 2.20 bits per heavy atom. The molecule has 1 aromatic rings. The molecule has 0 spiro atoms. The maximum absolute atomic E-state index is 14.7. The molecule has 0 aliphatic rings. The second kappa shape index (κ2) is 7.51. The number of methoxy groups -OCH3 is 1. The Labute approximate surface area is 152 Å². The van der Waals surface area contributed by atoms with E-state index in [1.54, 1.807) is 20.8 Å². The molecule has 0 bridgehead atoms. The largest absolute Gasteiger partial charge is 0.598 e. The van der Waals surface area contributed by atoms with E-state index < -0.39 is 38.8 Å². The number of hydrogen-bond acceptors (Lipinski definition) is 4. The van der Waals surface area contributed by atoms with Gasteiger partial charge in [-0.15, -0.1) is 4.72 Å². The van der Waals surface area contributed by atoms with Crippen molar-refractivity contribution >= 4 is 17.3 Å². The van der Waals surface area contributed by atoms with Crippen molar-refractivity contribution in [1.29, 1.82) is 0 Å². The van der Waals surface area contributed by atoms with Gasteiger partial charge in [-0.05, 0) is 44.7 Å². The standard InChI is InChI=1S/C18H28FNO4S/c1-16(2,3)11-18(15(21)22,20-25(23)17(4,5)6)13-9-8-12(24-7)10-14(13)19/h8-10,20H,11H2,1-7H3,(H,21,22). The molecule has 5 nitrogen and oxygen atoms in total. The lowest BCUT2D eigenvalue weighted by Gasteiger charge is -2.38. The zero-order valence-electron chi connectivity index (χ0n) is 15.9. The predicted molar refractivity (Wildman–Crippen MR) is 97.4 cm³/mol. The third-order valence-electron chi connectivity index (χ3n) is 3.62. The highest BCUT2D eigenvalue weighted by Gasteiger charge is 2.50.